The van der Waals surface area contributed by atoms with Crippen LogP contribution in [0.3, 0.4) is 0 Å². The lowest BCUT2D eigenvalue weighted by Gasteiger charge is -2.10. The monoisotopic (exact) mass is 209 g/mol. The first kappa shape index (κ1) is 12.2. The van der Waals surface area contributed by atoms with Crippen molar-refractivity contribution in [1.29, 1.82) is 0 Å². The van der Waals surface area contributed by atoms with Gasteiger partial charge in [-0.25, -0.2) is 0 Å². The van der Waals surface area contributed by atoms with Gasteiger partial charge in [0.15, 0.2) is 0 Å². The molecule has 0 saturated carbocycles. The highest BCUT2D eigenvalue weighted by molar-refractivity contribution is 5.10. The summed E-state index contributed by atoms with van der Waals surface area (Å²) in [6.45, 7) is 5.55. The molecule has 1 atom stereocenters. The number of hydrogen-bond donors (Lipinski definition) is 1. The van der Waals surface area contributed by atoms with Gasteiger partial charge in [0, 0.05) is 12.7 Å². The smallest absolute Gasteiger partial charge is 0.0624 e. The van der Waals surface area contributed by atoms with Gasteiger partial charge in [0.25, 0.3) is 0 Å². The predicted octanol–water partition coefficient (Wildman–Crippen LogP) is 1.77. The topological polar surface area (TPSA) is 29.9 Å². The number of aromatic nitrogens is 2. The molecular formula is C12H23N3. The molecule has 3 heteroatoms. The SMILES string of the molecule is CCc1cc(CC(C)CCNC)n(C)n1. The number of aryl methyl sites for hydroxylation is 2. The zero-order chi connectivity index (χ0) is 11.3. The quantitative estimate of drug-likeness (QED) is 0.774. The second-order valence-corrected chi connectivity index (χ2v) is 4.31. The molecule has 15 heavy (non-hydrogen) atoms. The van der Waals surface area contributed by atoms with Crippen LogP contribution < -0.4 is 5.32 Å². The molecule has 86 valence electrons. The second-order valence-electron chi connectivity index (χ2n) is 4.31. The van der Waals surface area contributed by atoms with Crippen LogP contribution in [0.4, 0.5) is 0 Å². The zero-order valence-electron chi connectivity index (χ0n) is 10.4. The van der Waals surface area contributed by atoms with E-state index >= 15 is 0 Å². The van der Waals surface area contributed by atoms with Crippen LogP contribution in [0.2, 0.25) is 0 Å². The summed E-state index contributed by atoms with van der Waals surface area (Å²) in [5.74, 6) is 0.720. The average molecular weight is 209 g/mol. The fourth-order valence-corrected chi connectivity index (χ4v) is 1.79. The van der Waals surface area contributed by atoms with E-state index < -0.39 is 0 Å². The average Bonchev–Trinajstić information content (AvgIpc) is 2.57. The number of rotatable bonds is 6. The molecule has 0 aliphatic rings. The van der Waals surface area contributed by atoms with Crippen LogP contribution in [0, 0.1) is 5.92 Å². The summed E-state index contributed by atoms with van der Waals surface area (Å²) < 4.78 is 2.02. The van der Waals surface area contributed by atoms with Crippen molar-refractivity contribution in [2.24, 2.45) is 13.0 Å². The minimum atomic E-state index is 0.720. The summed E-state index contributed by atoms with van der Waals surface area (Å²) in [5, 5.41) is 7.66. The summed E-state index contributed by atoms with van der Waals surface area (Å²) in [5.41, 5.74) is 2.56. The fourth-order valence-electron chi connectivity index (χ4n) is 1.79. The minimum absolute atomic E-state index is 0.720. The molecule has 0 saturated heterocycles. The van der Waals surface area contributed by atoms with Gasteiger partial charge in [-0.15, -0.1) is 0 Å². The van der Waals surface area contributed by atoms with Crippen molar-refractivity contribution in [2.45, 2.75) is 33.1 Å². The molecule has 1 heterocycles. The van der Waals surface area contributed by atoms with Crippen molar-refractivity contribution in [1.82, 2.24) is 15.1 Å². The van der Waals surface area contributed by atoms with Crippen molar-refractivity contribution in [3.05, 3.63) is 17.5 Å². The molecule has 0 aromatic carbocycles. The van der Waals surface area contributed by atoms with Gasteiger partial charge in [-0.05, 0) is 44.8 Å². The van der Waals surface area contributed by atoms with Gasteiger partial charge < -0.3 is 5.32 Å². The van der Waals surface area contributed by atoms with Crippen molar-refractivity contribution >= 4 is 0 Å². The van der Waals surface area contributed by atoms with Gasteiger partial charge in [-0.3, -0.25) is 4.68 Å². The Morgan fingerprint density at radius 1 is 1.53 bits per heavy atom. The van der Waals surface area contributed by atoms with E-state index in [1.165, 1.54) is 17.8 Å². The molecule has 1 aromatic rings. The van der Waals surface area contributed by atoms with Gasteiger partial charge in [0.1, 0.15) is 0 Å². The van der Waals surface area contributed by atoms with Crippen molar-refractivity contribution < 1.29 is 0 Å². The maximum atomic E-state index is 4.46. The number of nitrogens with zero attached hydrogens (tertiary/aromatic N) is 2. The van der Waals surface area contributed by atoms with E-state index in [-0.39, 0.29) is 0 Å². The summed E-state index contributed by atoms with van der Waals surface area (Å²) in [6.07, 6.45) is 3.38. The van der Waals surface area contributed by atoms with Crippen LogP contribution in [-0.4, -0.2) is 23.4 Å². The van der Waals surface area contributed by atoms with Crippen LogP contribution in [0.25, 0.3) is 0 Å². The highest BCUT2D eigenvalue weighted by atomic mass is 15.3. The molecule has 0 spiro atoms. The lowest BCUT2D eigenvalue weighted by Crippen LogP contribution is -2.13. The van der Waals surface area contributed by atoms with E-state index in [4.69, 9.17) is 0 Å². The van der Waals surface area contributed by atoms with E-state index in [1.54, 1.807) is 0 Å². The summed E-state index contributed by atoms with van der Waals surface area (Å²) in [7, 11) is 4.05. The Morgan fingerprint density at radius 3 is 2.80 bits per heavy atom. The fraction of sp³-hybridized carbons (Fsp3) is 0.750. The molecule has 0 fully saturated rings. The summed E-state index contributed by atoms with van der Waals surface area (Å²) in [6, 6.07) is 2.23. The number of hydrogen-bond acceptors (Lipinski definition) is 2. The molecule has 1 N–H and O–H groups in total. The van der Waals surface area contributed by atoms with Gasteiger partial charge in [0.2, 0.25) is 0 Å². The molecule has 0 aliphatic carbocycles. The Balaban J connectivity index is 2.51. The standard InChI is InChI=1S/C12H23N3/c1-5-11-9-12(15(4)14-11)8-10(2)6-7-13-3/h9-10,13H,5-8H2,1-4H3. The van der Waals surface area contributed by atoms with Crippen LogP contribution in [0.1, 0.15) is 31.7 Å². The second kappa shape index (κ2) is 5.91. The van der Waals surface area contributed by atoms with Gasteiger partial charge in [-0.1, -0.05) is 13.8 Å². The lowest BCUT2D eigenvalue weighted by atomic mass is 10.0. The first-order valence-electron chi connectivity index (χ1n) is 5.83. The van der Waals surface area contributed by atoms with Crippen LogP contribution in [0.15, 0.2) is 6.07 Å². The van der Waals surface area contributed by atoms with Gasteiger partial charge in [-0.2, -0.15) is 5.10 Å². The third-order valence-corrected chi connectivity index (χ3v) is 2.83. The van der Waals surface area contributed by atoms with Crippen molar-refractivity contribution in [3.8, 4) is 0 Å². The largest absolute Gasteiger partial charge is 0.320 e. The zero-order valence-corrected chi connectivity index (χ0v) is 10.4. The Hall–Kier alpha value is -0.830. The van der Waals surface area contributed by atoms with E-state index in [2.05, 4.69) is 30.3 Å². The summed E-state index contributed by atoms with van der Waals surface area (Å²) >= 11 is 0. The summed E-state index contributed by atoms with van der Waals surface area (Å²) in [4.78, 5) is 0. The van der Waals surface area contributed by atoms with E-state index in [0.717, 1.165) is 25.3 Å². The predicted molar refractivity (Wildman–Crippen MR) is 64.0 cm³/mol. The normalized spacial score (nSPS) is 13.1. The van der Waals surface area contributed by atoms with E-state index in [0.29, 0.717) is 0 Å². The lowest BCUT2D eigenvalue weighted by molar-refractivity contribution is 0.497. The molecule has 1 rings (SSSR count). The Kier molecular flexibility index (Phi) is 4.82. The minimum Gasteiger partial charge on any atom is -0.320 e. The maximum absolute atomic E-state index is 4.46. The van der Waals surface area contributed by atoms with Crippen LogP contribution >= 0.6 is 0 Å². The molecule has 0 aliphatic heterocycles. The van der Waals surface area contributed by atoms with E-state index in [1.807, 2.05) is 18.8 Å². The highest BCUT2D eigenvalue weighted by Crippen LogP contribution is 2.12. The molecule has 1 aromatic heterocycles. The van der Waals surface area contributed by atoms with Crippen LogP contribution in [-0.2, 0) is 19.9 Å². The molecule has 1 unspecified atom stereocenters. The van der Waals surface area contributed by atoms with Gasteiger partial charge in [0.05, 0.1) is 5.69 Å². The highest BCUT2D eigenvalue weighted by Gasteiger charge is 2.08. The van der Waals surface area contributed by atoms with Crippen molar-refractivity contribution in [2.75, 3.05) is 13.6 Å². The first-order valence-corrected chi connectivity index (χ1v) is 5.83. The van der Waals surface area contributed by atoms with Crippen LogP contribution in [0.5, 0.6) is 0 Å². The first-order chi connectivity index (χ1) is 7.17. The maximum Gasteiger partial charge on any atom is 0.0624 e. The third kappa shape index (κ3) is 3.67. The van der Waals surface area contributed by atoms with Crippen molar-refractivity contribution in [3.63, 3.8) is 0 Å². The van der Waals surface area contributed by atoms with E-state index in [9.17, 15) is 0 Å². The third-order valence-electron chi connectivity index (χ3n) is 2.83. The molecular weight excluding hydrogens is 186 g/mol. The Morgan fingerprint density at radius 2 is 2.27 bits per heavy atom. The Bertz CT molecular complexity index is 291. The molecule has 0 radical (unpaired) electrons. The Labute approximate surface area is 92.9 Å². The molecule has 3 nitrogen and oxygen atoms in total. The molecule has 0 amide bonds. The number of nitrogens with one attached hydrogen (secondary N) is 1. The molecule has 0 bridgehead atoms. The van der Waals surface area contributed by atoms with Gasteiger partial charge >= 0.3 is 0 Å².